The molecule has 2 rings (SSSR count). The minimum atomic E-state index is 0.953. The van der Waals surface area contributed by atoms with Crippen molar-refractivity contribution in [3.05, 3.63) is 58.7 Å². The van der Waals surface area contributed by atoms with Crippen LogP contribution in [0.2, 0.25) is 0 Å². The molecule has 0 radical (unpaired) electrons. The molecule has 0 heterocycles. The van der Waals surface area contributed by atoms with Crippen LogP contribution >= 0.6 is 0 Å². The number of rotatable bonds is 19. The molecular weight excluding hydrogens is 448 g/mol. The molecule has 0 aliphatic carbocycles. The van der Waals surface area contributed by atoms with Crippen LogP contribution in [0.1, 0.15) is 134 Å². The Morgan fingerprint density at radius 1 is 0.568 bits per heavy atom. The molecule has 0 N–H and O–H groups in total. The van der Waals surface area contributed by atoms with Crippen LogP contribution in [-0.4, -0.2) is 11.9 Å². The van der Waals surface area contributed by atoms with Gasteiger partial charge in [0.15, 0.2) is 0 Å². The first-order chi connectivity index (χ1) is 18.1. The van der Waals surface area contributed by atoms with Crippen molar-refractivity contribution in [2.24, 2.45) is 9.98 Å². The molecule has 2 aromatic rings. The van der Waals surface area contributed by atoms with E-state index in [0.29, 0.717) is 0 Å². The first-order valence-corrected chi connectivity index (χ1v) is 15.4. The van der Waals surface area contributed by atoms with Gasteiger partial charge in [0.25, 0.3) is 0 Å². The lowest BCUT2D eigenvalue weighted by atomic mass is 9.96. The van der Waals surface area contributed by atoms with Gasteiger partial charge >= 0.3 is 0 Å². The van der Waals surface area contributed by atoms with Crippen molar-refractivity contribution in [2.75, 3.05) is 0 Å². The molecule has 0 bridgehead atoms. The molecule has 0 saturated carbocycles. The van der Waals surface area contributed by atoms with E-state index in [1.807, 2.05) is 6.21 Å². The van der Waals surface area contributed by atoms with Gasteiger partial charge in [0.05, 0.1) is 17.1 Å². The van der Waals surface area contributed by atoms with Crippen LogP contribution in [0.25, 0.3) is 0 Å². The Balaban J connectivity index is 2.07. The lowest BCUT2D eigenvalue weighted by molar-refractivity contribution is 0.606. The number of nitrogens with zero attached hydrogens (tertiary/aromatic N) is 2. The van der Waals surface area contributed by atoms with Crippen molar-refractivity contribution in [3.63, 3.8) is 0 Å². The van der Waals surface area contributed by atoms with Crippen molar-refractivity contribution in [2.45, 2.75) is 137 Å². The second-order valence-corrected chi connectivity index (χ2v) is 10.7. The monoisotopic (exact) mass is 502 g/mol. The zero-order valence-electron chi connectivity index (χ0n) is 24.7. The van der Waals surface area contributed by atoms with Gasteiger partial charge in [-0.1, -0.05) is 97.6 Å². The standard InChI is InChI=1S/C35H54N2/c1-6-10-13-15-16-18-20-32-27-35(25-22-30(32)9-4)37-29(5)28-36-34-24-23-31(19-12-8-3)33(26-34)21-17-14-11-7-2/h22-28H,6-21H2,1-5H3. The van der Waals surface area contributed by atoms with Gasteiger partial charge in [-0.15, -0.1) is 0 Å². The SMILES string of the molecule is CCCCCCCCc1cc(N=C(C)C=Nc2ccc(CCCC)c(CCCCCC)c2)ccc1CC. The van der Waals surface area contributed by atoms with Crippen LogP contribution < -0.4 is 0 Å². The summed E-state index contributed by atoms with van der Waals surface area (Å²) >= 11 is 0. The highest BCUT2D eigenvalue weighted by molar-refractivity contribution is 6.30. The van der Waals surface area contributed by atoms with Crippen LogP contribution in [0.3, 0.4) is 0 Å². The second-order valence-electron chi connectivity index (χ2n) is 10.7. The third kappa shape index (κ3) is 12.2. The summed E-state index contributed by atoms with van der Waals surface area (Å²) in [4.78, 5) is 9.71. The van der Waals surface area contributed by atoms with Gasteiger partial charge in [0, 0.05) is 6.21 Å². The highest BCUT2D eigenvalue weighted by Gasteiger charge is 2.06. The molecule has 0 aliphatic rings. The Morgan fingerprint density at radius 2 is 1.08 bits per heavy atom. The fraction of sp³-hybridized carbons (Fsp3) is 0.600. The van der Waals surface area contributed by atoms with Crippen molar-refractivity contribution >= 4 is 23.3 Å². The van der Waals surface area contributed by atoms with Crippen LogP contribution in [0.4, 0.5) is 11.4 Å². The first-order valence-electron chi connectivity index (χ1n) is 15.4. The summed E-state index contributed by atoms with van der Waals surface area (Å²) in [6, 6.07) is 13.5. The van der Waals surface area contributed by atoms with Gasteiger partial charge in [-0.2, -0.15) is 0 Å². The van der Waals surface area contributed by atoms with Crippen molar-refractivity contribution in [1.29, 1.82) is 0 Å². The topological polar surface area (TPSA) is 24.7 Å². The number of hydrogen-bond acceptors (Lipinski definition) is 2. The van der Waals surface area contributed by atoms with Crippen LogP contribution in [0.15, 0.2) is 46.4 Å². The van der Waals surface area contributed by atoms with E-state index in [0.717, 1.165) is 29.9 Å². The van der Waals surface area contributed by atoms with E-state index in [2.05, 4.69) is 71.0 Å². The quantitative estimate of drug-likeness (QED) is 0.135. The molecule has 204 valence electrons. The highest BCUT2D eigenvalue weighted by atomic mass is 14.8. The molecule has 0 aromatic heterocycles. The van der Waals surface area contributed by atoms with E-state index in [1.54, 1.807) is 0 Å². The van der Waals surface area contributed by atoms with E-state index in [4.69, 9.17) is 9.98 Å². The highest BCUT2D eigenvalue weighted by Crippen LogP contribution is 2.24. The van der Waals surface area contributed by atoms with Crippen molar-refractivity contribution < 1.29 is 0 Å². The van der Waals surface area contributed by atoms with Gasteiger partial charge < -0.3 is 0 Å². The molecule has 2 nitrogen and oxygen atoms in total. The number of aliphatic imine (C=N–C) groups is 2. The summed E-state index contributed by atoms with van der Waals surface area (Å²) in [5, 5.41) is 0. The molecule has 0 amide bonds. The summed E-state index contributed by atoms with van der Waals surface area (Å²) in [7, 11) is 0. The predicted molar refractivity (Wildman–Crippen MR) is 167 cm³/mol. The van der Waals surface area contributed by atoms with Gasteiger partial charge in [-0.05, 0) is 98.4 Å². The summed E-state index contributed by atoms with van der Waals surface area (Å²) < 4.78 is 0. The fourth-order valence-electron chi connectivity index (χ4n) is 5.03. The molecule has 0 spiro atoms. The maximum absolute atomic E-state index is 4.90. The Kier molecular flexibility index (Phi) is 15.9. The van der Waals surface area contributed by atoms with Gasteiger partial charge in [-0.25, -0.2) is 0 Å². The molecule has 0 saturated heterocycles. The molecule has 0 aliphatic heterocycles. The average molecular weight is 503 g/mol. The Bertz CT molecular complexity index is 954. The van der Waals surface area contributed by atoms with E-state index in [1.165, 1.54) is 112 Å². The zero-order chi connectivity index (χ0) is 26.7. The Labute approximate surface area is 229 Å². The summed E-state index contributed by atoms with van der Waals surface area (Å²) in [6.45, 7) is 11.2. The summed E-state index contributed by atoms with van der Waals surface area (Å²) in [5.74, 6) is 0. The molecular formula is C35H54N2. The minimum Gasteiger partial charge on any atom is -0.255 e. The number of benzene rings is 2. The maximum Gasteiger partial charge on any atom is 0.0636 e. The second kappa shape index (κ2) is 18.9. The molecule has 2 heteroatoms. The molecule has 0 atom stereocenters. The van der Waals surface area contributed by atoms with E-state index in [-0.39, 0.29) is 0 Å². The first kappa shape index (κ1) is 31.0. The summed E-state index contributed by atoms with van der Waals surface area (Å²) in [5.41, 5.74) is 8.99. The van der Waals surface area contributed by atoms with E-state index < -0.39 is 0 Å². The Morgan fingerprint density at radius 3 is 1.76 bits per heavy atom. The van der Waals surface area contributed by atoms with Gasteiger partial charge in [0.2, 0.25) is 0 Å². The molecule has 0 unspecified atom stereocenters. The number of unbranched alkanes of at least 4 members (excludes halogenated alkanes) is 9. The maximum atomic E-state index is 4.90. The van der Waals surface area contributed by atoms with Crippen LogP contribution in [0.5, 0.6) is 0 Å². The smallest absolute Gasteiger partial charge is 0.0636 e. The number of aryl methyl sites for hydroxylation is 4. The average Bonchev–Trinajstić information content (AvgIpc) is 2.91. The lowest BCUT2D eigenvalue weighted by Crippen LogP contribution is -1.96. The van der Waals surface area contributed by atoms with E-state index >= 15 is 0 Å². The van der Waals surface area contributed by atoms with Crippen LogP contribution in [-0.2, 0) is 25.7 Å². The third-order valence-corrected chi connectivity index (χ3v) is 7.37. The zero-order valence-corrected chi connectivity index (χ0v) is 24.7. The number of hydrogen-bond donors (Lipinski definition) is 0. The van der Waals surface area contributed by atoms with Crippen molar-refractivity contribution in [1.82, 2.24) is 0 Å². The van der Waals surface area contributed by atoms with E-state index in [9.17, 15) is 0 Å². The van der Waals surface area contributed by atoms with Crippen molar-refractivity contribution in [3.8, 4) is 0 Å². The largest absolute Gasteiger partial charge is 0.255 e. The summed E-state index contributed by atoms with van der Waals surface area (Å²) in [6.07, 6.45) is 22.3. The fourth-order valence-corrected chi connectivity index (χ4v) is 5.03. The Hall–Kier alpha value is -2.22. The third-order valence-electron chi connectivity index (χ3n) is 7.37. The predicted octanol–water partition coefficient (Wildman–Crippen LogP) is 11.1. The lowest BCUT2D eigenvalue weighted by Gasteiger charge is -2.11. The molecule has 2 aromatic carbocycles. The van der Waals surface area contributed by atoms with Gasteiger partial charge in [0.1, 0.15) is 0 Å². The van der Waals surface area contributed by atoms with Gasteiger partial charge in [-0.3, -0.25) is 9.98 Å². The molecule has 0 fully saturated rings. The molecule has 37 heavy (non-hydrogen) atoms. The van der Waals surface area contributed by atoms with Crippen LogP contribution in [0, 0.1) is 0 Å². The normalized spacial score (nSPS) is 12.1. The minimum absolute atomic E-state index is 0.953.